The summed E-state index contributed by atoms with van der Waals surface area (Å²) >= 11 is 7.27. The molecule has 3 rings (SSSR count). The Morgan fingerprint density at radius 3 is 2.85 bits per heavy atom. The van der Waals surface area contributed by atoms with E-state index >= 15 is 0 Å². The van der Waals surface area contributed by atoms with Gasteiger partial charge in [0, 0.05) is 4.47 Å². The molecule has 0 bridgehead atoms. The van der Waals surface area contributed by atoms with E-state index in [1.165, 1.54) is 11.1 Å². The van der Waals surface area contributed by atoms with Crippen LogP contribution >= 0.6 is 31.9 Å². The zero-order valence-electron chi connectivity index (χ0n) is 10.6. The fourth-order valence-electron chi connectivity index (χ4n) is 2.20. The van der Waals surface area contributed by atoms with Crippen molar-refractivity contribution < 1.29 is 4.42 Å². The zero-order valence-corrected chi connectivity index (χ0v) is 13.8. The van der Waals surface area contributed by atoms with Gasteiger partial charge in [-0.2, -0.15) is 0 Å². The Balaban J connectivity index is 2.09. The fourth-order valence-corrected chi connectivity index (χ4v) is 3.36. The van der Waals surface area contributed by atoms with Crippen LogP contribution in [-0.2, 0) is 0 Å². The summed E-state index contributed by atoms with van der Waals surface area (Å²) in [6, 6.07) is 11.8. The minimum Gasteiger partial charge on any atom is -0.408 e. The maximum absolute atomic E-state index is 11.2. The Morgan fingerprint density at radius 2 is 2.05 bits per heavy atom. The summed E-state index contributed by atoms with van der Waals surface area (Å²) in [4.78, 5) is 13.9. The first-order valence-electron chi connectivity index (χ1n) is 6.08. The first kappa shape index (κ1) is 13.6. The molecule has 0 aliphatic carbocycles. The summed E-state index contributed by atoms with van der Waals surface area (Å²) in [5.74, 6) is -0.429. The second kappa shape index (κ2) is 5.22. The average molecular weight is 397 g/mol. The van der Waals surface area contributed by atoms with E-state index in [9.17, 15) is 4.79 Å². The molecule has 3 aromatic rings. The first-order valence-corrected chi connectivity index (χ1v) is 7.79. The second-order valence-corrected chi connectivity index (χ2v) is 6.36. The molecule has 0 spiro atoms. The van der Waals surface area contributed by atoms with Crippen molar-refractivity contribution in [3.05, 3.63) is 68.1 Å². The molecule has 1 atom stereocenters. The number of hydrogen-bond donors (Lipinski definition) is 1. The summed E-state index contributed by atoms with van der Waals surface area (Å²) in [6.07, 6.45) is 0. The smallest absolute Gasteiger partial charge is 0.408 e. The van der Waals surface area contributed by atoms with Crippen LogP contribution in [0.3, 0.4) is 0 Å². The average Bonchev–Trinajstić information content (AvgIpc) is 2.80. The van der Waals surface area contributed by atoms with Gasteiger partial charge in [-0.25, -0.2) is 4.79 Å². The van der Waals surface area contributed by atoms with E-state index in [2.05, 4.69) is 49.8 Å². The van der Waals surface area contributed by atoms with Gasteiger partial charge in [0.05, 0.1) is 10.3 Å². The number of aromatic nitrogens is 1. The summed E-state index contributed by atoms with van der Waals surface area (Å²) in [7, 11) is 0. The lowest BCUT2D eigenvalue weighted by atomic mass is 10.0. The molecule has 0 aliphatic heterocycles. The standard InChI is InChI=1S/C15H11Br2NO2/c1-8-10(3-2-4-11(8)16)14(17)9-5-6-12-13(7-9)20-15(19)18-12/h2-7,14H,1H3,(H,18,19). The lowest BCUT2D eigenvalue weighted by Crippen LogP contribution is -1.96. The van der Waals surface area contributed by atoms with Crippen molar-refractivity contribution in [3.63, 3.8) is 0 Å². The third kappa shape index (κ3) is 2.36. The van der Waals surface area contributed by atoms with Gasteiger partial charge in [0.2, 0.25) is 0 Å². The molecule has 0 radical (unpaired) electrons. The molecule has 0 saturated heterocycles. The molecule has 20 heavy (non-hydrogen) atoms. The highest BCUT2D eigenvalue weighted by atomic mass is 79.9. The topological polar surface area (TPSA) is 46.0 Å². The summed E-state index contributed by atoms with van der Waals surface area (Å²) in [5, 5.41) is 0. The third-order valence-corrected chi connectivity index (χ3v) is 5.20. The number of H-pyrrole nitrogens is 1. The van der Waals surface area contributed by atoms with E-state index in [0.29, 0.717) is 11.1 Å². The molecule has 3 nitrogen and oxygen atoms in total. The maximum Gasteiger partial charge on any atom is 0.417 e. The number of fused-ring (bicyclic) bond motifs is 1. The quantitative estimate of drug-likeness (QED) is 0.639. The monoisotopic (exact) mass is 395 g/mol. The zero-order chi connectivity index (χ0) is 14.3. The Morgan fingerprint density at radius 1 is 1.25 bits per heavy atom. The molecule has 0 amide bonds. The van der Waals surface area contributed by atoms with Crippen molar-refractivity contribution in [2.75, 3.05) is 0 Å². The van der Waals surface area contributed by atoms with Gasteiger partial charge in [0.15, 0.2) is 5.58 Å². The fraction of sp³-hybridized carbons (Fsp3) is 0.133. The molecule has 0 aliphatic rings. The van der Waals surface area contributed by atoms with Crippen LogP contribution in [0.4, 0.5) is 0 Å². The molecular weight excluding hydrogens is 386 g/mol. The Bertz CT molecular complexity index is 835. The minimum absolute atomic E-state index is 0.0459. The maximum atomic E-state index is 11.2. The number of benzene rings is 2. The van der Waals surface area contributed by atoms with Crippen molar-refractivity contribution in [3.8, 4) is 0 Å². The molecule has 2 aromatic carbocycles. The van der Waals surface area contributed by atoms with Crippen LogP contribution in [0.5, 0.6) is 0 Å². The van der Waals surface area contributed by atoms with Crippen molar-refractivity contribution in [2.45, 2.75) is 11.8 Å². The lowest BCUT2D eigenvalue weighted by Gasteiger charge is -2.14. The first-order chi connectivity index (χ1) is 9.56. The highest BCUT2D eigenvalue weighted by Crippen LogP contribution is 2.35. The normalized spacial score (nSPS) is 12.8. The number of halogens is 2. The lowest BCUT2D eigenvalue weighted by molar-refractivity contribution is 0.555. The van der Waals surface area contributed by atoms with E-state index in [-0.39, 0.29) is 4.83 Å². The molecule has 5 heteroatoms. The predicted octanol–water partition coefficient (Wildman–Crippen LogP) is 4.68. The number of alkyl halides is 1. The van der Waals surface area contributed by atoms with E-state index in [1.807, 2.05) is 30.3 Å². The number of rotatable bonds is 2. The molecular formula is C15H11Br2NO2. The van der Waals surface area contributed by atoms with Crippen molar-refractivity contribution in [2.24, 2.45) is 0 Å². The number of oxazole rings is 1. The highest BCUT2D eigenvalue weighted by Gasteiger charge is 2.15. The van der Waals surface area contributed by atoms with Gasteiger partial charge in [-0.15, -0.1) is 0 Å². The molecule has 1 aromatic heterocycles. The van der Waals surface area contributed by atoms with E-state index in [4.69, 9.17) is 4.42 Å². The molecule has 1 heterocycles. The number of hydrogen-bond acceptors (Lipinski definition) is 2. The summed E-state index contributed by atoms with van der Waals surface area (Å²) in [6.45, 7) is 2.07. The summed E-state index contributed by atoms with van der Waals surface area (Å²) < 4.78 is 6.18. The number of nitrogens with one attached hydrogen (secondary N) is 1. The van der Waals surface area contributed by atoms with Crippen LogP contribution in [0.1, 0.15) is 21.5 Å². The van der Waals surface area contributed by atoms with Gasteiger partial charge >= 0.3 is 5.76 Å². The Labute approximate surface area is 132 Å². The van der Waals surface area contributed by atoms with Gasteiger partial charge in [-0.1, -0.05) is 50.1 Å². The van der Waals surface area contributed by atoms with E-state index < -0.39 is 5.76 Å². The van der Waals surface area contributed by atoms with Crippen molar-refractivity contribution in [1.82, 2.24) is 4.98 Å². The largest absolute Gasteiger partial charge is 0.417 e. The molecule has 1 unspecified atom stereocenters. The molecule has 1 N–H and O–H groups in total. The van der Waals surface area contributed by atoms with Crippen molar-refractivity contribution in [1.29, 1.82) is 0 Å². The third-order valence-electron chi connectivity index (χ3n) is 3.32. The minimum atomic E-state index is -0.429. The SMILES string of the molecule is Cc1c(Br)cccc1C(Br)c1ccc2[nH]c(=O)oc2c1. The number of aromatic amines is 1. The van der Waals surface area contributed by atoms with Crippen LogP contribution in [0.15, 0.2) is 50.1 Å². The molecule has 0 saturated carbocycles. The van der Waals surface area contributed by atoms with Crippen LogP contribution < -0.4 is 5.76 Å². The van der Waals surface area contributed by atoms with E-state index in [1.54, 1.807) is 0 Å². The van der Waals surface area contributed by atoms with E-state index in [0.717, 1.165) is 10.0 Å². The predicted molar refractivity (Wildman–Crippen MR) is 86.5 cm³/mol. The highest BCUT2D eigenvalue weighted by molar-refractivity contribution is 9.10. The van der Waals surface area contributed by atoms with Crippen molar-refractivity contribution >= 4 is 43.0 Å². The van der Waals surface area contributed by atoms with Gasteiger partial charge in [0.25, 0.3) is 0 Å². The second-order valence-electron chi connectivity index (χ2n) is 4.59. The van der Waals surface area contributed by atoms with Gasteiger partial charge in [-0.3, -0.25) is 4.98 Å². The Hall–Kier alpha value is -1.33. The molecule has 102 valence electrons. The van der Waals surface area contributed by atoms with Crippen LogP contribution in [0.25, 0.3) is 11.1 Å². The molecule has 0 fully saturated rings. The van der Waals surface area contributed by atoms with Gasteiger partial charge < -0.3 is 4.42 Å². The van der Waals surface area contributed by atoms with Gasteiger partial charge in [0.1, 0.15) is 0 Å². The summed E-state index contributed by atoms with van der Waals surface area (Å²) in [5.41, 5.74) is 4.69. The van der Waals surface area contributed by atoms with Gasteiger partial charge in [-0.05, 0) is 41.8 Å². The van der Waals surface area contributed by atoms with Crippen LogP contribution in [0, 0.1) is 6.92 Å². The van der Waals surface area contributed by atoms with Crippen LogP contribution in [-0.4, -0.2) is 4.98 Å². The van der Waals surface area contributed by atoms with Crippen LogP contribution in [0.2, 0.25) is 0 Å². The Kier molecular flexibility index (Phi) is 3.56.